The molecule has 2 heterocycles. The molecule has 1 spiro atoms. The molecule has 37 heavy (non-hydrogen) atoms. The van der Waals surface area contributed by atoms with Crippen LogP contribution in [0.2, 0.25) is 5.02 Å². The summed E-state index contributed by atoms with van der Waals surface area (Å²) in [4.78, 5) is 25.5. The molecule has 1 fully saturated rings. The number of anilines is 1. The van der Waals surface area contributed by atoms with Gasteiger partial charge in [0, 0.05) is 27.2 Å². The van der Waals surface area contributed by atoms with E-state index in [1.54, 1.807) is 36.4 Å². The number of ether oxygens (including phenoxy) is 2. The molecule has 0 aliphatic carbocycles. The van der Waals surface area contributed by atoms with Gasteiger partial charge >= 0.3 is 0 Å². The molecule has 0 bridgehead atoms. The van der Waals surface area contributed by atoms with Gasteiger partial charge in [-0.2, -0.15) is 0 Å². The fraction of sp³-hybridized carbons (Fsp3) is 0.296. The van der Waals surface area contributed by atoms with E-state index in [-0.39, 0.29) is 17.6 Å². The van der Waals surface area contributed by atoms with E-state index in [2.05, 4.69) is 26.6 Å². The summed E-state index contributed by atoms with van der Waals surface area (Å²) in [6.07, 6.45) is 0. The van der Waals surface area contributed by atoms with Gasteiger partial charge in [-0.15, -0.1) is 0 Å². The molecule has 2 N–H and O–H groups in total. The molecule has 0 saturated carbocycles. The van der Waals surface area contributed by atoms with E-state index in [0.29, 0.717) is 44.4 Å². The first kappa shape index (κ1) is 25.5. The smallest absolute Gasteiger partial charge is 0.256 e. The van der Waals surface area contributed by atoms with Crippen LogP contribution in [0.1, 0.15) is 36.5 Å². The van der Waals surface area contributed by atoms with E-state index in [4.69, 9.17) is 21.1 Å². The van der Waals surface area contributed by atoms with Crippen LogP contribution in [-0.4, -0.2) is 29.5 Å². The number of fused-ring (bicyclic) bond motifs is 2. The van der Waals surface area contributed by atoms with Gasteiger partial charge in [0.15, 0.2) is 17.0 Å². The summed E-state index contributed by atoms with van der Waals surface area (Å²) in [6, 6.07) is 16.4. The fourth-order valence-electron chi connectivity index (χ4n) is 5.52. The van der Waals surface area contributed by atoms with Crippen molar-refractivity contribution < 1.29 is 19.2 Å². The minimum absolute atomic E-state index is 0.261. The summed E-state index contributed by atoms with van der Waals surface area (Å²) in [5, 5.41) is 19.3. The van der Waals surface area contributed by atoms with Gasteiger partial charge in [0.05, 0.1) is 17.0 Å². The van der Waals surface area contributed by atoms with Crippen molar-refractivity contribution in [1.82, 2.24) is 5.32 Å². The van der Waals surface area contributed by atoms with Crippen molar-refractivity contribution in [2.45, 2.75) is 44.0 Å². The van der Waals surface area contributed by atoms with Crippen molar-refractivity contribution in [3.63, 3.8) is 0 Å². The van der Waals surface area contributed by atoms with Crippen LogP contribution >= 0.6 is 27.5 Å². The Morgan fingerprint density at radius 1 is 1.14 bits per heavy atom. The largest absolute Gasteiger partial charge is 0.490 e. The Morgan fingerprint density at radius 2 is 1.92 bits per heavy atom. The Morgan fingerprint density at radius 3 is 2.65 bits per heavy atom. The molecule has 2 aliphatic heterocycles. The first-order valence-corrected chi connectivity index (χ1v) is 13.1. The van der Waals surface area contributed by atoms with E-state index in [0.717, 1.165) is 5.56 Å². The third-order valence-corrected chi connectivity index (χ3v) is 7.78. The molecule has 192 valence electrons. The van der Waals surface area contributed by atoms with Gasteiger partial charge in [-0.3, -0.25) is 20.2 Å². The number of hydrogen-bond donors (Lipinski definition) is 2. The molecule has 1 saturated heterocycles. The van der Waals surface area contributed by atoms with E-state index >= 15 is 0 Å². The molecule has 3 aromatic carbocycles. The minimum atomic E-state index is -1.48. The van der Waals surface area contributed by atoms with Crippen LogP contribution in [0.4, 0.5) is 5.69 Å². The highest BCUT2D eigenvalue weighted by Gasteiger charge is 2.67. The molecule has 0 radical (unpaired) electrons. The third-order valence-electron chi connectivity index (χ3n) is 6.95. The van der Waals surface area contributed by atoms with Gasteiger partial charge in [0.25, 0.3) is 11.9 Å². The zero-order valence-electron chi connectivity index (χ0n) is 20.2. The highest BCUT2D eigenvalue weighted by atomic mass is 79.9. The maximum Gasteiger partial charge on any atom is 0.256 e. The summed E-state index contributed by atoms with van der Waals surface area (Å²) in [5.74, 6) is -0.0966. The third kappa shape index (κ3) is 4.35. The van der Waals surface area contributed by atoms with Gasteiger partial charge in [-0.25, -0.2) is 0 Å². The van der Waals surface area contributed by atoms with E-state index in [9.17, 15) is 14.9 Å². The average Bonchev–Trinajstić information content (AvgIpc) is 3.32. The van der Waals surface area contributed by atoms with Gasteiger partial charge in [0.2, 0.25) is 0 Å². The van der Waals surface area contributed by atoms with E-state index in [1.807, 2.05) is 38.1 Å². The van der Waals surface area contributed by atoms with Crippen LogP contribution in [0.3, 0.4) is 0 Å². The van der Waals surface area contributed by atoms with Crippen molar-refractivity contribution >= 4 is 39.1 Å². The van der Waals surface area contributed by atoms with Crippen LogP contribution in [0.5, 0.6) is 11.5 Å². The van der Waals surface area contributed by atoms with E-state index in [1.165, 1.54) is 0 Å². The number of carbonyl (C=O) groups excluding carboxylic acids is 1. The molecule has 3 aromatic rings. The number of nitrogens with zero attached hydrogens (tertiary/aromatic N) is 1. The van der Waals surface area contributed by atoms with Crippen molar-refractivity contribution in [3.8, 4) is 11.5 Å². The van der Waals surface area contributed by atoms with Crippen LogP contribution in [0.15, 0.2) is 65.1 Å². The molecule has 8 nitrogen and oxygen atoms in total. The number of carbonyl (C=O) groups is 1. The lowest BCUT2D eigenvalue weighted by atomic mass is 9.78. The number of hydrogen-bond acceptors (Lipinski definition) is 6. The van der Waals surface area contributed by atoms with Crippen LogP contribution in [-0.2, 0) is 16.9 Å². The number of para-hydroxylation sites is 1. The van der Waals surface area contributed by atoms with Gasteiger partial charge in [0.1, 0.15) is 6.61 Å². The number of halogens is 2. The second kappa shape index (κ2) is 9.96. The monoisotopic (exact) mass is 585 g/mol. The summed E-state index contributed by atoms with van der Waals surface area (Å²) in [7, 11) is 0. The fourth-order valence-corrected chi connectivity index (χ4v) is 6.31. The normalized spacial score (nSPS) is 24.1. The first-order chi connectivity index (χ1) is 17.8. The van der Waals surface area contributed by atoms with E-state index < -0.39 is 23.4 Å². The van der Waals surface area contributed by atoms with Crippen LogP contribution in [0.25, 0.3) is 0 Å². The SMILES string of the molecule is CCOc1cc([C@@H]2[C@H](C)N[C@]3(C(=O)Nc4ccccc43)[C@@H]2[N+](=O)[O-])cc(Br)c1OCc1cccc(Cl)c1. The number of rotatable bonds is 7. The molecule has 2 aliphatic rings. The number of amides is 1. The maximum atomic E-state index is 13.3. The predicted octanol–water partition coefficient (Wildman–Crippen LogP) is 5.65. The molecule has 0 aromatic heterocycles. The number of benzene rings is 3. The summed E-state index contributed by atoms with van der Waals surface area (Å²) in [5.41, 5.74) is 1.24. The highest BCUT2D eigenvalue weighted by molar-refractivity contribution is 9.10. The lowest BCUT2D eigenvalue weighted by Crippen LogP contribution is -2.54. The van der Waals surface area contributed by atoms with Crippen molar-refractivity contribution in [2.24, 2.45) is 0 Å². The summed E-state index contributed by atoms with van der Waals surface area (Å²) >= 11 is 9.69. The lowest BCUT2D eigenvalue weighted by Gasteiger charge is -2.26. The zero-order valence-corrected chi connectivity index (χ0v) is 22.5. The topological polar surface area (TPSA) is 103 Å². The van der Waals surface area contributed by atoms with Crippen LogP contribution in [0, 0.1) is 10.1 Å². The molecule has 0 unspecified atom stereocenters. The first-order valence-electron chi connectivity index (χ1n) is 11.9. The average molecular weight is 587 g/mol. The lowest BCUT2D eigenvalue weighted by molar-refractivity contribution is -0.532. The Balaban J connectivity index is 1.55. The minimum Gasteiger partial charge on any atom is -0.490 e. The molecule has 4 atom stereocenters. The standard InChI is InChI=1S/C27H25BrClN3O5/c1-3-36-22-13-17(12-20(28)24(22)37-14-16-7-6-8-18(29)11-16)23-15(2)31-27(25(23)32(34)35)19-9-4-5-10-21(19)30-26(27)33/h4-13,15,23,25,31H,3,14H2,1-2H3,(H,30,33)/t15-,23-,25+,27-/m0/s1. The Labute approximate surface area is 227 Å². The molecule has 1 amide bonds. The quantitative estimate of drug-likeness (QED) is 0.274. The van der Waals surface area contributed by atoms with Crippen molar-refractivity contribution in [2.75, 3.05) is 11.9 Å². The summed E-state index contributed by atoms with van der Waals surface area (Å²) < 4.78 is 12.6. The Bertz CT molecular complexity index is 1390. The summed E-state index contributed by atoms with van der Waals surface area (Å²) in [6.45, 7) is 4.36. The second-order valence-electron chi connectivity index (χ2n) is 9.18. The zero-order chi connectivity index (χ0) is 26.3. The maximum absolute atomic E-state index is 13.3. The molecule has 5 rings (SSSR count). The Kier molecular flexibility index (Phi) is 6.87. The van der Waals surface area contributed by atoms with Gasteiger partial charge in [-0.05, 0) is 71.2 Å². The number of nitro groups is 1. The number of nitrogens with one attached hydrogen (secondary N) is 2. The second-order valence-corrected chi connectivity index (χ2v) is 10.5. The molecular weight excluding hydrogens is 562 g/mol. The van der Waals surface area contributed by atoms with Crippen molar-refractivity contribution in [1.29, 1.82) is 0 Å². The predicted molar refractivity (Wildman–Crippen MR) is 144 cm³/mol. The molecular formula is C27H25BrClN3O5. The van der Waals surface area contributed by atoms with Crippen molar-refractivity contribution in [3.05, 3.63) is 97.0 Å². The highest BCUT2D eigenvalue weighted by Crippen LogP contribution is 2.51. The Hall–Kier alpha value is -3.14. The van der Waals surface area contributed by atoms with Gasteiger partial charge in [-0.1, -0.05) is 41.9 Å². The van der Waals surface area contributed by atoms with Gasteiger partial charge < -0.3 is 14.8 Å². The molecule has 10 heteroatoms. The van der Waals surface area contributed by atoms with Crippen LogP contribution < -0.4 is 20.1 Å².